The number of ether oxygens (including phenoxy) is 1. The maximum absolute atomic E-state index is 11.9. The first-order valence-corrected chi connectivity index (χ1v) is 8.19. The summed E-state index contributed by atoms with van der Waals surface area (Å²) in [6.07, 6.45) is 1.50. The predicted molar refractivity (Wildman–Crippen MR) is 93.6 cm³/mol. The first-order chi connectivity index (χ1) is 12.1. The Balaban J connectivity index is 1.75. The van der Waals surface area contributed by atoms with Gasteiger partial charge in [0.15, 0.2) is 0 Å². The van der Waals surface area contributed by atoms with Crippen molar-refractivity contribution in [2.24, 2.45) is 0 Å². The van der Waals surface area contributed by atoms with Crippen LogP contribution in [-0.4, -0.2) is 61.2 Å². The first kappa shape index (κ1) is 17.2. The van der Waals surface area contributed by atoms with Crippen LogP contribution in [0.15, 0.2) is 28.9 Å². The second kappa shape index (κ2) is 7.52. The fourth-order valence-corrected chi connectivity index (χ4v) is 2.73. The van der Waals surface area contributed by atoms with E-state index in [0.29, 0.717) is 25.5 Å². The number of carbonyl (C=O) groups is 1. The summed E-state index contributed by atoms with van der Waals surface area (Å²) in [5.74, 6) is 3.10. The van der Waals surface area contributed by atoms with E-state index in [0.717, 1.165) is 23.9 Å². The molecule has 2 aromatic heterocycles. The highest BCUT2D eigenvalue weighted by molar-refractivity contribution is 5.82. The van der Waals surface area contributed by atoms with E-state index in [2.05, 4.69) is 15.3 Å². The Morgan fingerprint density at radius 3 is 2.88 bits per heavy atom. The van der Waals surface area contributed by atoms with Gasteiger partial charge < -0.3 is 24.3 Å². The number of nitrogens with zero attached hydrogens (tertiary/aromatic N) is 4. The molecule has 0 spiro atoms. The number of likely N-dealkylation sites (N-methyl/N-ethyl adjacent to an activating group) is 1. The Bertz CT molecular complexity index is 733. The maximum Gasteiger partial charge on any atom is 0.241 e. The van der Waals surface area contributed by atoms with E-state index >= 15 is 0 Å². The molecule has 0 bridgehead atoms. The fraction of sp³-hybridized carbons (Fsp3) is 0.471. The maximum atomic E-state index is 11.9. The van der Waals surface area contributed by atoms with Gasteiger partial charge in [0, 0.05) is 33.3 Å². The third-order valence-corrected chi connectivity index (χ3v) is 4.19. The molecule has 1 aliphatic heterocycles. The molecule has 1 atom stereocenters. The summed E-state index contributed by atoms with van der Waals surface area (Å²) in [5.41, 5.74) is 0. The summed E-state index contributed by atoms with van der Waals surface area (Å²) in [7, 11) is 3.46. The molecule has 3 heterocycles. The fourth-order valence-electron chi connectivity index (χ4n) is 2.73. The molecule has 25 heavy (non-hydrogen) atoms. The smallest absolute Gasteiger partial charge is 0.241 e. The van der Waals surface area contributed by atoms with Gasteiger partial charge in [-0.15, -0.1) is 0 Å². The number of aromatic nitrogens is 2. The van der Waals surface area contributed by atoms with Gasteiger partial charge in [-0.2, -0.15) is 0 Å². The van der Waals surface area contributed by atoms with Crippen LogP contribution in [0.25, 0.3) is 0 Å². The van der Waals surface area contributed by atoms with Gasteiger partial charge in [0.05, 0.1) is 13.2 Å². The van der Waals surface area contributed by atoms with Crippen molar-refractivity contribution in [3.8, 4) is 0 Å². The van der Waals surface area contributed by atoms with E-state index < -0.39 is 0 Å². The Morgan fingerprint density at radius 2 is 2.20 bits per heavy atom. The van der Waals surface area contributed by atoms with E-state index in [1.807, 2.05) is 37.1 Å². The number of furan rings is 1. The van der Waals surface area contributed by atoms with Gasteiger partial charge >= 0.3 is 0 Å². The number of anilines is 2. The van der Waals surface area contributed by atoms with Crippen LogP contribution in [0.2, 0.25) is 0 Å². The van der Waals surface area contributed by atoms with E-state index in [-0.39, 0.29) is 11.9 Å². The highest BCUT2D eigenvalue weighted by Crippen LogP contribution is 2.23. The molecule has 0 radical (unpaired) electrons. The molecular formula is C17H23N5O3. The van der Waals surface area contributed by atoms with E-state index in [9.17, 15) is 4.79 Å². The van der Waals surface area contributed by atoms with Crippen molar-refractivity contribution in [3.05, 3.63) is 36.0 Å². The average Bonchev–Trinajstić information content (AvgIpc) is 3.04. The molecule has 1 saturated heterocycles. The van der Waals surface area contributed by atoms with Crippen molar-refractivity contribution in [1.82, 2.24) is 14.9 Å². The first-order valence-electron chi connectivity index (χ1n) is 8.19. The third-order valence-electron chi connectivity index (χ3n) is 4.19. The minimum Gasteiger partial charge on any atom is -0.464 e. The van der Waals surface area contributed by atoms with Crippen molar-refractivity contribution in [3.63, 3.8) is 0 Å². The zero-order valence-electron chi connectivity index (χ0n) is 14.7. The number of hydrogen-bond donors (Lipinski definition) is 1. The molecule has 8 nitrogen and oxygen atoms in total. The van der Waals surface area contributed by atoms with Crippen LogP contribution < -0.4 is 10.2 Å². The van der Waals surface area contributed by atoms with Crippen molar-refractivity contribution < 1.29 is 13.9 Å². The summed E-state index contributed by atoms with van der Waals surface area (Å²) >= 11 is 0. The van der Waals surface area contributed by atoms with Crippen molar-refractivity contribution in [2.45, 2.75) is 13.0 Å². The SMILES string of the molecule is COCC(Nc1cc(N2CCN(C)C(=O)C2)ncn1)c1ccc(C)o1. The lowest BCUT2D eigenvalue weighted by atomic mass is 10.2. The molecular weight excluding hydrogens is 322 g/mol. The molecule has 1 N–H and O–H groups in total. The van der Waals surface area contributed by atoms with Crippen molar-refractivity contribution in [2.75, 3.05) is 50.6 Å². The highest BCUT2D eigenvalue weighted by atomic mass is 16.5. The Hall–Kier alpha value is -2.61. The Kier molecular flexibility index (Phi) is 5.18. The Morgan fingerprint density at radius 1 is 1.36 bits per heavy atom. The quantitative estimate of drug-likeness (QED) is 0.848. The second-order valence-electron chi connectivity index (χ2n) is 6.10. The van der Waals surface area contributed by atoms with E-state index in [4.69, 9.17) is 9.15 Å². The lowest BCUT2D eigenvalue weighted by Gasteiger charge is -2.32. The number of hydrogen-bond acceptors (Lipinski definition) is 7. The topological polar surface area (TPSA) is 83.7 Å². The molecule has 1 fully saturated rings. The van der Waals surface area contributed by atoms with Gasteiger partial charge in [0.1, 0.15) is 35.5 Å². The highest BCUT2D eigenvalue weighted by Gasteiger charge is 2.23. The van der Waals surface area contributed by atoms with Crippen LogP contribution in [0.3, 0.4) is 0 Å². The van der Waals surface area contributed by atoms with Crippen LogP contribution in [0.4, 0.5) is 11.6 Å². The lowest BCUT2D eigenvalue weighted by Crippen LogP contribution is -2.48. The monoisotopic (exact) mass is 345 g/mol. The molecule has 1 amide bonds. The standard InChI is InChI=1S/C17H23N5O3/c1-12-4-5-14(25-12)13(10-24-3)20-15-8-16(19-11-18-15)22-7-6-21(2)17(23)9-22/h4-5,8,11,13H,6-7,9-10H2,1-3H3,(H,18,19,20). The third kappa shape index (κ3) is 4.08. The van der Waals surface area contributed by atoms with Crippen molar-refractivity contribution in [1.29, 1.82) is 0 Å². The summed E-state index contributed by atoms with van der Waals surface area (Å²) in [5, 5.41) is 3.32. The summed E-state index contributed by atoms with van der Waals surface area (Å²) in [6, 6.07) is 5.53. The van der Waals surface area contributed by atoms with Gasteiger partial charge in [0.25, 0.3) is 0 Å². The molecule has 0 saturated carbocycles. The predicted octanol–water partition coefficient (Wildman–Crippen LogP) is 1.46. The zero-order chi connectivity index (χ0) is 17.8. The molecule has 0 aromatic carbocycles. The van der Waals surface area contributed by atoms with Gasteiger partial charge in [-0.3, -0.25) is 4.79 Å². The van der Waals surface area contributed by atoms with Gasteiger partial charge in [-0.25, -0.2) is 9.97 Å². The number of methoxy groups -OCH3 is 1. The number of carbonyl (C=O) groups excluding carboxylic acids is 1. The molecule has 0 aliphatic carbocycles. The van der Waals surface area contributed by atoms with E-state index in [1.165, 1.54) is 6.33 Å². The largest absolute Gasteiger partial charge is 0.464 e. The zero-order valence-corrected chi connectivity index (χ0v) is 14.7. The van der Waals surface area contributed by atoms with Crippen LogP contribution in [0.1, 0.15) is 17.6 Å². The number of amides is 1. The van der Waals surface area contributed by atoms with Crippen molar-refractivity contribution >= 4 is 17.5 Å². The minimum absolute atomic E-state index is 0.0858. The van der Waals surface area contributed by atoms with Gasteiger partial charge in [0.2, 0.25) is 5.91 Å². The lowest BCUT2D eigenvalue weighted by molar-refractivity contribution is -0.129. The second-order valence-corrected chi connectivity index (χ2v) is 6.10. The normalized spacial score (nSPS) is 16.2. The molecule has 1 aliphatic rings. The van der Waals surface area contributed by atoms with Crippen LogP contribution >= 0.6 is 0 Å². The number of piperazine rings is 1. The summed E-state index contributed by atoms with van der Waals surface area (Å²) in [6.45, 7) is 4.10. The summed E-state index contributed by atoms with van der Waals surface area (Å²) in [4.78, 5) is 24.2. The van der Waals surface area contributed by atoms with Crippen LogP contribution in [-0.2, 0) is 9.53 Å². The van der Waals surface area contributed by atoms with Gasteiger partial charge in [-0.1, -0.05) is 0 Å². The molecule has 2 aromatic rings. The molecule has 134 valence electrons. The molecule has 3 rings (SSSR count). The van der Waals surface area contributed by atoms with E-state index in [1.54, 1.807) is 12.0 Å². The number of rotatable bonds is 6. The molecule has 8 heteroatoms. The van der Waals surface area contributed by atoms with Crippen LogP contribution in [0.5, 0.6) is 0 Å². The van der Waals surface area contributed by atoms with Gasteiger partial charge in [-0.05, 0) is 19.1 Å². The van der Waals surface area contributed by atoms with Crippen LogP contribution in [0, 0.1) is 6.92 Å². The Labute approximate surface area is 146 Å². The summed E-state index contributed by atoms with van der Waals surface area (Å²) < 4.78 is 11.0. The number of aryl methyl sites for hydroxylation is 1. The molecule has 1 unspecified atom stereocenters. The number of nitrogens with one attached hydrogen (secondary N) is 1. The average molecular weight is 345 g/mol. The minimum atomic E-state index is -0.157.